The lowest BCUT2D eigenvalue weighted by Crippen LogP contribution is -2.54. The Labute approximate surface area is 195 Å². The van der Waals surface area contributed by atoms with Gasteiger partial charge in [-0.05, 0) is 70.4 Å². The molecule has 1 atom stereocenters. The van der Waals surface area contributed by atoms with Gasteiger partial charge in [0.25, 0.3) is 0 Å². The van der Waals surface area contributed by atoms with E-state index in [9.17, 15) is 14.4 Å². The van der Waals surface area contributed by atoms with E-state index in [1.807, 2.05) is 40.0 Å². The van der Waals surface area contributed by atoms with Gasteiger partial charge in [0.15, 0.2) is 0 Å². The van der Waals surface area contributed by atoms with E-state index in [0.717, 1.165) is 37.1 Å². The topological polar surface area (TPSA) is 88.2 Å². The number of ether oxygens (including phenoxy) is 2. The van der Waals surface area contributed by atoms with Crippen molar-refractivity contribution in [1.82, 2.24) is 10.2 Å². The fourth-order valence-electron chi connectivity index (χ4n) is 5.17. The van der Waals surface area contributed by atoms with Crippen molar-refractivity contribution in [3.05, 3.63) is 23.8 Å². The van der Waals surface area contributed by atoms with Crippen molar-refractivity contribution in [2.45, 2.75) is 82.9 Å². The Balaban J connectivity index is 1.46. The average Bonchev–Trinajstić information content (AvgIpc) is 2.77. The Bertz CT molecular complexity index is 917. The maximum atomic E-state index is 12.5. The molecule has 1 saturated heterocycles. The van der Waals surface area contributed by atoms with Gasteiger partial charge in [0.1, 0.15) is 24.0 Å². The maximum Gasteiger partial charge on any atom is 0.410 e. The molecule has 2 aliphatic heterocycles. The molecule has 0 bridgehead atoms. The summed E-state index contributed by atoms with van der Waals surface area (Å²) in [7, 11) is 1.82. The fourth-order valence-corrected chi connectivity index (χ4v) is 5.17. The number of hydrogen-bond donors (Lipinski definition) is 1. The van der Waals surface area contributed by atoms with Gasteiger partial charge in [-0.25, -0.2) is 4.79 Å². The minimum atomic E-state index is -0.503. The second kappa shape index (κ2) is 9.23. The van der Waals surface area contributed by atoms with Crippen LogP contribution >= 0.6 is 0 Å². The molecule has 33 heavy (non-hydrogen) atoms. The van der Waals surface area contributed by atoms with Crippen LogP contribution in [0.3, 0.4) is 0 Å². The number of carbonyl (C=O) groups excluding carboxylic acids is 3. The smallest absolute Gasteiger partial charge is 0.410 e. The van der Waals surface area contributed by atoms with Crippen LogP contribution in [0.5, 0.6) is 5.75 Å². The van der Waals surface area contributed by atoms with Gasteiger partial charge >= 0.3 is 6.09 Å². The van der Waals surface area contributed by atoms with Crippen LogP contribution in [-0.2, 0) is 14.3 Å². The molecule has 0 radical (unpaired) electrons. The predicted octanol–water partition coefficient (Wildman–Crippen LogP) is 3.58. The molecular formula is C25H35N3O5. The van der Waals surface area contributed by atoms with Crippen LogP contribution in [0.15, 0.2) is 18.2 Å². The molecule has 8 heteroatoms. The molecule has 3 aliphatic rings. The zero-order valence-corrected chi connectivity index (χ0v) is 20.1. The number of imide groups is 1. The highest BCUT2D eigenvalue weighted by Crippen LogP contribution is 2.44. The third-order valence-electron chi connectivity index (χ3n) is 6.86. The van der Waals surface area contributed by atoms with Crippen LogP contribution in [0.1, 0.15) is 70.8 Å². The third kappa shape index (κ3) is 5.09. The lowest BCUT2D eigenvalue weighted by atomic mass is 9.80. The summed E-state index contributed by atoms with van der Waals surface area (Å²) in [5.74, 6) is 0.768. The first-order valence-electron chi connectivity index (χ1n) is 12.0. The van der Waals surface area contributed by atoms with Crippen LogP contribution < -0.4 is 15.0 Å². The number of nitrogens with zero attached hydrogens (tertiary/aromatic N) is 2. The largest absolute Gasteiger partial charge is 0.489 e. The van der Waals surface area contributed by atoms with E-state index in [2.05, 4.69) is 16.3 Å². The summed E-state index contributed by atoms with van der Waals surface area (Å²) < 4.78 is 11.7. The number of nitrogens with one attached hydrogen (secondary N) is 1. The van der Waals surface area contributed by atoms with Gasteiger partial charge in [0.2, 0.25) is 11.8 Å². The Kier molecular flexibility index (Phi) is 6.54. The summed E-state index contributed by atoms with van der Waals surface area (Å²) in [6.45, 7) is 6.78. The van der Waals surface area contributed by atoms with Crippen LogP contribution in [-0.4, -0.2) is 60.7 Å². The molecule has 1 aromatic carbocycles. The number of piperidine rings is 1. The Morgan fingerprint density at radius 1 is 1.15 bits per heavy atom. The van der Waals surface area contributed by atoms with Gasteiger partial charge in [-0.15, -0.1) is 0 Å². The molecule has 1 saturated carbocycles. The zero-order chi connectivity index (χ0) is 23.8. The summed E-state index contributed by atoms with van der Waals surface area (Å²) in [6.07, 6.45) is 4.33. The minimum absolute atomic E-state index is 0.163. The predicted molar refractivity (Wildman–Crippen MR) is 124 cm³/mol. The first-order chi connectivity index (χ1) is 15.6. The molecule has 2 heterocycles. The number of carbonyl (C=O) groups is 3. The van der Waals surface area contributed by atoms with Crippen LogP contribution in [0.2, 0.25) is 0 Å². The average molecular weight is 458 g/mol. The van der Waals surface area contributed by atoms with E-state index in [-0.39, 0.29) is 30.0 Å². The van der Waals surface area contributed by atoms with Gasteiger partial charge in [0, 0.05) is 19.5 Å². The Morgan fingerprint density at radius 2 is 1.88 bits per heavy atom. The van der Waals surface area contributed by atoms with Crippen molar-refractivity contribution in [1.29, 1.82) is 0 Å². The van der Waals surface area contributed by atoms with Gasteiger partial charge in [-0.3, -0.25) is 14.9 Å². The summed E-state index contributed by atoms with van der Waals surface area (Å²) in [4.78, 5) is 40.4. The Morgan fingerprint density at radius 3 is 2.55 bits per heavy atom. The number of benzene rings is 1. The van der Waals surface area contributed by atoms with Crippen molar-refractivity contribution in [2.24, 2.45) is 0 Å². The summed E-state index contributed by atoms with van der Waals surface area (Å²) in [5.41, 5.74) is 1.60. The highest BCUT2D eigenvalue weighted by atomic mass is 16.6. The second-order valence-electron chi connectivity index (χ2n) is 10.3. The summed E-state index contributed by atoms with van der Waals surface area (Å²) in [6, 6.07) is 5.97. The van der Waals surface area contributed by atoms with E-state index in [1.54, 1.807) is 4.90 Å². The van der Waals surface area contributed by atoms with Crippen molar-refractivity contribution in [3.8, 4) is 5.75 Å². The molecule has 1 N–H and O–H groups in total. The van der Waals surface area contributed by atoms with Crippen LogP contribution in [0.4, 0.5) is 10.5 Å². The van der Waals surface area contributed by atoms with Gasteiger partial charge < -0.3 is 19.3 Å². The van der Waals surface area contributed by atoms with Crippen LogP contribution in [0, 0.1) is 0 Å². The molecule has 0 spiro atoms. The molecule has 1 aromatic rings. The fraction of sp³-hybridized carbons (Fsp3) is 0.640. The van der Waals surface area contributed by atoms with E-state index < -0.39 is 5.60 Å². The number of para-hydroxylation sites is 1. The van der Waals surface area contributed by atoms with Gasteiger partial charge in [-0.2, -0.15) is 0 Å². The van der Waals surface area contributed by atoms with E-state index in [1.165, 1.54) is 5.56 Å². The SMILES string of the molecule is CN(C(=O)OC(C)(C)C)[C@H]1CC[C@H](c2cccc3c2OCCN3C2CCC(=O)NC2=O)CC1. The molecule has 0 aromatic heterocycles. The van der Waals surface area contributed by atoms with Gasteiger partial charge in [-0.1, -0.05) is 12.1 Å². The van der Waals surface area contributed by atoms with E-state index in [0.29, 0.717) is 31.9 Å². The number of rotatable bonds is 3. The first-order valence-corrected chi connectivity index (χ1v) is 12.0. The minimum Gasteiger partial charge on any atom is -0.489 e. The Hall–Kier alpha value is -2.77. The van der Waals surface area contributed by atoms with Crippen molar-refractivity contribution < 1.29 is 23.9 Å². The normalized spacial score (nSPS) is 25.6. The third-order valence-corrected chi connectivity index (χ3v) is 6.86. The highest BCUT2D eigenvalue weighted by molar-refractivity contribution is 6.02. The number of amides is 3. The monoisotopic (exact) mass is 457 g/mol. The summed E-state index contributed by atoms with van der Waals surface area (Å²) >= 11 is 0. The standard InChI is InChI=1S/C25H35N3O5/c1-25(2,3)33-24(31)27(4)17-10-8-16(9-11-17)18-6-5-7-19-22(18)32-15-14-28(19)20-12-13-21(29)26-23(20)30/h5-7,16-17,20H,8-15H2,1-4H3,(H,26,29,30)/t16-,17-,20?. The van der Waals surface area contributed by atoms with Crippen molar-refractivity contribution in [3.63, 3.8) is 0 Å². The highest BCUT2D eigenvalue weighted by Gasteiger charge is 2.37. The lowest BCUT2D eigenvalue weighted by Gasteiger charge is -2.40. The lowest BCUT2D eigenvalue weighted by molar-refractivity contribution is -0.134. The van der Waals surface area contributed by atoms with Crippen molar-refractivity contribution >= 4 is 23.6 Å². The molecule has 4 rings (SSSR count). The molecule has 8 nitrogen and oxygen atoms in total. The van der Waals surface area contributed by atoms with E-state index in [4.69, 9.17) is 9.47 Å². The second-order valence-corrected chi connectivity index (χ2v) is 10.3. The summed E-state index contributed by atoms with van der Waals surface area (Å²) in [5, 5.41) is 2.47. The number of fused-ring (bicyclic) bond motifs is 1. The molecule has 1 unspecified atom stereocenters. The van der Waals surface area contributed by atoms with Crippen LogP contribution in [0.25, 0.3) is 0 Å². The van der Waals surface area contributed by atoms with Crippen molar-refractivity contribution in [2.75, 3.05) is 25.1 Å². The molecule has 1 aliphatic carbocycles. The first kappa shape index (κ1) is 23.4. The zero-order valence-electron chi connectivity index (χ0n) is 20.1. The molecule has 180 valence electrons. The maximum absolute atomic E-state index is 12.5. The molecule has 3 amide bonds. The quantitative estimate of drug-likeness (QED) is 0.698. The van der Waals surface area contributed by atoms with E-state index >= 15 is 0 Å². The number of hydrogen-bond acceptors (Lipinski definition) is 6. The number of anilines is 1. The molecule has 2 fully saturated rings. The molecular weight excluding hydrogens is 422 g/mol. The van der Waals surface area contributed by atoms with Gasteiger partial charge in [0.05, 0.1) is 12.2 Å².